The van der Waals surface area contributed by atoms with E-state index in [1.54, 1.807) is 0 Å². The molecule has 0 aromatic carbocycles. The molecule has 0 aliphatic heterocycles. The quantitative estimate of drug-likeness (QED) is 0.914. The molecular weight excluding hydrogens is 252 g/mol. The van der Waals surface area contributed by atoms with Crippen LogP contribution in [0.25, 0.3) is 0 Å². The Morgan fingerprint density at radius 3 is 2.55 bits per heavy atom. The Kier molecular flexibility index (Phi) is 4.39. The molecule has 2 unspecified atom stereocenters. The van der Waals surface area contributed by atoms with E-state index in [-0.39, 0.29) is 12.0 Å². The summed E-state index contributed by atoms with van der Waals surface area (Å²) in [6, 6.07) is 0. The van der Waals surface area contributed by atoms with Crippen LogP contribution in [0.4, 0.5) is 0 Å². The number of nitrogens with zero attached hydrogens (tertiary/aromatic N) is 2. The lowest BCUT2D eigenvalue weighted by Crippen LogP contribution is -2.22. The maximum atomic E-state index is 10.1. The predicted octanol–water partition coefficient (Wildman–Crippen LogP) is 3.77. The fourth-order valence-corrected chi connectivity index (χ4v) is 3.79. The normalized spacial score (nSPS) is 35.1. The summed E-state index contributed by atoms with van der Waals surface area (Å²) in [6.07, 6.45) is 10.0. The summed E-state index contributed by atoms with van der Waals surface area (Å²) in [4.78, 5) is 4.62. The van der Waals surface area contributed by atoms with E-state index in [1.807, 2.05) is 0 Å². The highest BCUT2D eigenvalue weighted by atomic mass is 16.5. The van der Waals surface area contributed by atoms with Gasteiger partial charge in [0.2, 0.25) is 5.89 Å². The second kappa shape index (κ2) is 6.25. The van der Waals surface area contributed by atoms with Gasteiger partial charge in [-0.05, 0) is 44.4 Å². The van der Waals surface area contributed by atoms with E-state index in [9.17, 15) is 5.11 Å². The van der Waals surface area contributed by atoms with Gasteiger partial charge in [-0.15, -0.1) is 0 Å². The van der Waals surface area contributed by atoms with Crippen LogP contribution in [-0.2, 0) is 0 Å². The van der Waals surface area contributed by atoms with Crippen LogP contribution in [0.5, 0.6) is 0 Å². The average Bonchev–Trinajstić information content (AvgIpc) is 2.97. The maximum Gasteiger partial charge on any atom is 0.232 e. The van der Waals surface area contributed by atoms with Gasteiger partial charge < -0.3 is 9.63 Å². The monoisotopic (exact) mass is 278 g/mol. The Morgan fingerprint density at radius 1 is 1.10 bits per heavy atom. The molecule has 1 aromatic rings. The minimum atomic E-state index is -0.298. The zero-order chi connectivity index (χ0) is 13.9. The van der Waals surface area contributed by atoms with Gasteiger partial charge in [0.1, 0.15) is 0 Å². The molecule has 0 amide bonds. The van der Waals surface area contributed by atoms with Crippen LogP contribution in [-0.4, -0.2) is 21.4 Å². The molecule has 1 aromatic heterocycles. The third-order valence-corrected chi connectivity index (χ3v) is 5.29. The largest absolute Gasteiger partial charge is 0.392 e. The number of aliphatic hydroxyl groups excluding tert-OH is 1. The minimum Gasteiger partial charge on any atom is -0.392 e. The van der Waals surface area contributed by atoms with Gasteiger partial charge in [0, 0.05) is 5.92 Å². The number of rotatable bonds is 3. The highest BCUT2D eigenvalue weighted by Crippen LogP contribution is 2.37. The van der Waals surface area contributed by atoms with Crippen molar-refractivity contribution in [2.45, 2.75) is 82.7 Å². The molecule has 2 aliphatic rings. The number of hydrogen-bond donors (Lipinski definition) is 1. The van der Waals surface area contributed by atoms with E-state index in [0.717, 1.165) is 37.4 Å². The Bertz CT molecular complexity index is 424. The average molecular weight is 278 g/mol. The molecular formula is C16H26N2O2. The maximum absolute atomic E-state index is 10.1. The highest BCUT2D eigenvalue weighted by Gasteiger charge is 2.31. The summed E-state index contributed by atoms with van der Waals surface area (Å²) >= 11 is 0. The van der Waals surface area contributed by atoms with Gasteiger partial charge in [0.15, 0.2) is 5.82 Å². The predicted molar refractivity (Wildman–Crippen MR) is 76.5 cm³/mol. The van der Waals surface area contributed by atoms with Crippen molar-refractivity contribution in [1.82, 2.24) is 10.1 Å². The molecule has 0 spiro atoms. The lowest BCUT2D eigenvalue weighted by Gasteiger charge is -2.25. The van der Waals surface area contributed by atoms with E-state index < -0.39 is 0 Å². The van der Waals surface area contributed by atoms with Crippen LogP contribution < -0.4 is 0 Å². The molecule has 20 heavy (non-hydrogen) atoms. The van der Waals surface area contributed by atoms with Crippen molar-refractivity contribution in [3.05, 3.63) is 11.7 Å². The highest BCUT2D eigenvalue weighted by molar-refractivity contribution is 5.03. The second-order valence-corrected chi connectivity index (χ2v) is 6.58. The van der Waals surface area contributed by atoms with E-state index >= 15 is 0 Å². The lowest BCUT2D eigenvalue weighted by atomic mass is 9.80. The molecule has 2 fully saturated rings. The van der Waals surface area contributed by atoms with Gasteiger partial charge in [-0.25, -0.2) is 0 Å². The van der Waals surface area contributed by atoms with Crippen molar-refractivity contribution in [1.29, 1.82) is 0 Å². The van der Waals surface area contributed by atoms with Crippen molar-refractivity contribution in [2.24, 2.45) is 5.92 Å². The van der Waals surface area contributed by atoms with Crippen molar-refractivity contribution >= 4 is 0 Å². The Morgan fingerprint density at radius 2 is 1.85 bits per heavy atom. The number of hydrogen-bond acceptors (Lipinski definition) is 4. The van der Waals surface area contributed by atoms with E-state index in [4.69, 9.17) is 4.52 Å². The molecule has 2 aliphatic carbocycles. The summed E-state index contributed by atoms with van der Waals surface area (Å²) < 4.78 is 5.46. The standard InChI is InChI=1S/C16H26N2O2/c1-2-11-7-9-12(10-8-11)15-17-16(20-18-15)13-5-3-4-6-14(13)19/h11-14,19H,2-10H2,1H3. The molecule has 0 saturated heterocycles. The summed E-state index contributed by atoms with van der Waals surface area (Å²) in [5.41, 5.74) is 0. The molecule has 1 heterocycles. The summed E-state index contributed by atoms with van der Waals surface area (Å²) in [7, 11) is 0. The smallest absolute Gasteiger partial charge is 0.232 e. The third-order valence-electron chi connectivity index (χ3n) is 5.29. The molecule has 4 nitrogen and oxygen atoms in total. The second-order valence-electron chi connectivity index (χ2n) is 6.58. The first-order valence-corrected chi connectivity index (χ1v) is 8.29. The van der Waals surface area contributed by atoms with Crippen molar-refractivity contribution in [3.8, 4) is 0 Å². The Balaban J connectivity index is 1.64. The molecule has 3 rings (SSSR count). The summed E-state index contributed by atoms with van der Waals surface area (Å²) in [5.74, 6) is 2.97. The van der Waals surface area contributed by atoms with Gasteiger partial charge in [-0.2, -0.15) is 4.98 Å². The van der Waals surface area contributed by atoms with Crippen LogP contribution in [0.15, 0.2) is 4.52 Å². The van der Waals surface area contributed by atoms with Crippen molar-refractivity contribution < 1.29 is 9.63 Å². The van der Waals surface area contributed by atoms with E-state index in [2.05, 4.69) is 17.1 Å². The Hall–Kier alpha value is -0.900. The molecule has 1 N–H and O–H groups in total. The van der Waals surface area contributed by atoms with Crippen LogP contribution in [0.2, 0.25) is 0 Å². The molecule has 2 atom stereocenters. The van der Waals surface area contributed by atoms with E-state index in [1.165, 1.54) is 32.1 Å². The molecule has 112 valence electrons. The van der Waals surface area contributed by atoms with Crippen LogP contribution in [0.1, 0.15) is 88.3 Å². The van der Waals surface area contributed by atoms with Crippen molar-refractivity contribution in [3.63, 3.8) is 0 Å². The molecule has 0 radical (unpaired) electrons. The minimum absolute atomic E-state index is 0.0666. The van der Waals surface area contributed by atoms with E-state index in [0.29, 0.717) is 11.8 Å². The number of aliphatic hydroxyl groups is 1. The first-order chi connectivity index (χ1) is 9.78. The Labute approximate surface area is 121 Å². The fourth-order valence-electron chi connectivity index (χ4n) is 3.79. The first kappa shape index (κ1) is 14.1. The fraction of sp³-hybridized carbons (Fsp3) is 0.875. The topological polar surface area (TPSA) is 59.2 Å². The van der Waals surface area contributed by atoms with Gasteiger partial charge in [0.05, 0.1) is 12.0 Å². The SMILES string of the molecule is CCC1CCC(c2noc(C3CCCCC3O)n2)CC1. The zero-order valence-corrected chi connectivity index (χ0v) is 12.4. The van der Waals surface area contributed by atoms with Gasteiger partial charge in [-0.1, -0.05) is 31.3 Å². The summed E-state index contributed by atoms with van der Waals surface area (Å²) in [5, 5.41) is 14.3. The van der Waals surface area contributed by atoms with Crippen molar-refractivity contribution in [2.75, 3.05) is 0 Å². The van der Waals surface area contributed by atoms with Gasteiger partial charge in [-0.3, -0.25) is 0 Å². The third kappa shape index (κ3) is 2.90. The summed E-state index contributed by atoms with van der Waals surface area (Å²) in [6.45, 7) is 2.28. The molecule has 4 heteroatoms. The first-order valence-electron chi connectivity index (χ1n) is 8.29. The number of aromatic nitrogens is 2. The van der Waals surface area contributed by atoms with Gasteiger partial charge >= 0.3 is 0 Å². The molecule has 0 bridgehead atoms. The van der Waals surface area contributed by atoms with Crippen LogP contribution in [0.3, 0.4) is 0 Å². The molecule has 2 saturated carbocycles. The zero-order valence-electron chi connectivity index (χ0n) is 12.4. The van der Waals surface area contributed by atoms with Gasteiger partial charge in [0.25, 0.3) is 0 Å². The lowest BCUT2D eigenvalue weighted by molar-refractivity contribution is 0.0908. The van der Waals surface area contributed by atoms with Crippen LogP contribution in [0, 0.1) is 5.92 Å². The van der Waals surface area contributed by atoms with Crippen LogP contribution >= 0.6 is 0 Å².